The van der Waals surface area contributed by atoms with Crippen LogP contribution in [0.5, 0.6) is 11.5 Å². The SMILES string of the molecule is COc1ccc(-n2c(SCC3CCCCO3)nnc2-c2cc(Cl)ccc2OC)cc1Cl. The minimum atomic E-state index is 0.215. The highest BCUT2D eigenvalue weighted by Crippen LogP contribution is 2.37. The van der Waals surface area contributed by atoms with Crippen molar-refractivity contribution in [3.8, 4) is 28.6 Å². The van der Waals surface area contributed by atoms with E-state index in [1.165, 1.54) is 6.42 Å². The molecule has 0 N–H and O–H groups in total. The summed E-state index contributed by atoms with van der Waals surface area (Å²) < 4.78 is 18.7. The van der Waals surface area contributed by atoms with Gasteiger partial charge in [-0.05, 0) is 55.7 Å². The Hall–Kier alpha value is -1.93. The molecule has 0 saturated carbocycles. The smallest absolute Gasteiger partial charge is 0.196 e. The first-order valence-corrected chi connectivity index (χ1v) is 11.7. The van der Waals surface area contributed by atoms with E-state index in [-0.39, 0.29) is 6.10 Å². The van der Waals surface area contributed by atoms with Gasteiger partial charge < -0.3 is 14.2 Å². The van der Waals surface area contributed by atoms with E-state index in [0.717, 1.165) is 41.6 Å². The molecule has 3 aromatic rings. The average molecular weight is 480 g/mol. The average Bonchev–Trinajstić information content (AvgIpc) is 3.22. The van der Waals surface area contributed by atoms with Crippen molar-refractivity contribution in [2.45, 2.75) is 30.5 Å². The van der Waals surface area contributed by atoms with E-state index in [1.807, 2.05) is 34.9 Å². The van der Waals surface area contributed by atoms with E-state index >= 15 is 0 Å². The zero-order chi connectivity index (χ0) is 21.8. The quantitative estimate of drug-likeness (QED) is 0.392. The van der Waals surface area contributed by atoms with Crippen LogP contribution in [-0.4, -0.2) is 47.4 Å². The van der Waals surface area contributed by atoms with Crippen LogP contribution in [-0.2, 0) is 4.74 Å². The number of ether oxygens (including phenoxy) is 3. The van der Waals surface area contributed by atoms with Crippen LogP contribution in [0, 0.1) is 0 Å². The molecule has 1 aliphatic rings. The molecule has 9 heteroatoms. The second-order valence-corrected chi connectivity index (χ2v) is 8.94. The summed E-state index contributed by atoms with van der Waals surface area (Å²) in [4.78, 5) is 0. The molecule has 1 atom stereocenters. The molecule has 1 fully saturated rings. The molecule has 2 heterocycles. The molecular weight excluding hydrogens is 457 g/mol. The third-order valence-corrected chi connectivity index (χ3v) is 6.69. The van der Waals surface area contributed by atoms with Gasteiger partial charge >= 0.3 is 0 Å². The Bertz CT molecular complexity index is 1050. The number of nitrogens with zero attached hydrogens (tertiary/aromatic N) is 3. The number of hydrogen-bond donors (Lipinski definition) is 0. The van der Waals surface area contributed by atoms with Crippen molar-refractivity contribution >= 4 is 35.0 Å². The van der Waals surface area contributed by atoms with Crippen LogP contribution in [0.4, 0.5) is 0 Å². The molecule has 0 amide bonds. The first-order valence-electron chi connectivity index (χ1n) is 9.98. The lowest BCUT2D eigenvalue weighted by Crippen LogP contribution is -2.21. The highest BCUT2D eigenvalue weighted by Gasteiger charge is 2.22. The van der Waals surface area contributed by atoms with Gasteiger partial charge in [-0.25, -0.2) is 0 Å². The summed E-state index contributed by atoms with van der Waals surface area (Å²) in [6, 6.07) is 11.0. The van der Waals surface area contributed by atoms with E-state index in [1.54, 1.807) is 32.0 Å². The summed E-state index contributed by atoms with van der Waals surface area (Å²) in [6.07, 6.45) is 3.59. The molecule has 0 aliphatic carbocycles. The number of methoxy groups -OCH3 is 2. The van der Waals surface area contributed by atoms with Crippen molar-refractivity contribution in [1.29, 1.82) is 0 Å². The van der Waals surface area contributed by atoms with Crippen LogP contribution in [0.15, 0.2) is 41.6 Å². The summed E-state index contributed by atoms with van der Waals surface area (Å²) in [7, 11) is 3.21. The van der Waals surface area contributed by atoms with Gasteiger partial charge in [0.15, 0.2) is 11.0 Å². The van der Waals surface area contributed by atoms with E-state index < -0.39 is 0 Å². The maximum atomic E-state index is 6.43. The molecule has 1 aliphatic heterocycles. The first-order chi connectivity index (χ1) is 15.1. The number of halogens is 2. The van der Waals surface area contributed by atoms with Gasteiger partial charge in [-0.15, -0.1) is 10.2 Å². The van der Waals surface area contributed by atoms with E-state index in [0.29, 0.717) is 27.4 Å². The molecule has 6 nitrogen and oxygen atoms in total. The number of aromatic nitrogens is 3. The maximum Gasteiger partial charge on any atom is 0.196 e. The molecule has 1 aromatic heterocycles. The van der Waals surface area contributed by atoms with Gasteiger partial charge in [0.1, 0.15) is 11.5 Å². The van der Waals surface area contributed by atoms with Crippen LogP contribution in [0.2, 0.25) is 10.0 Å². The van der Waals surface area contributed by atoms with Crippen LogP contribution in [0.1, 0.15) is 19.3 Å². The normalized spacial score (nSPS) is 16.3. The van der Waals surface area contributed by atoms with Gasteiger partial charge in [0.2, 0.25) is 0 Å². The van der Waals surface area contributed by atoms with Crippen molar-refractivity contribution in [3.63, 3.8) is 0 Å². The second kappa shape index (κ2) is 10.1. The van der Waals surface area contributed by atoms with Crippen molar-refractivity contribution in [2.24, 2.45) is 0 Å². The second-order valence-electron chi connectivity index (χ2n) is 7.10. The molecule has 0 bridgehead atoms. The van der Waals surface area contributed by atoms with Crippen LogP contribution in [0.25, 0.3) is 17.1 Å². The standard InChI is InChI=1S/C22H23Cl2N3O3S/c1-28-19-8-6-14(23)11-17(19)21-25-26-22(31-13-16-5-3-4-10-30-16)27(21)15-7-9-20(29-2)18(24)12-15/h6-9,11-12,16H,3-5,10,13H2,1-2H3. The van der Waals surface area contributed by atoms with Crippen molar-refractivity contribution in [1.82, 2.24) is 14.8 Å². The van der Waals surface area contributed by atoms with E-state index in [9.17, 15) is 0 Å². The Morgan fingerprint density at radius 2 is 1.87 bits per heavy atom. The fraction of sp³-hybridized carbons (Fsp3) is 0.364. The zero-order valence-electron chi connectivity index (χ0n) is 17.3. The third kappa shape index (κ3) is 4.95. The lowest BCUT2D eigenvalue weighted by molar-refractivity contribution is 0.0315. The van der Waals surface area contributed by atoms with Crippen molar-refractivity contribution in [3.05, 3.63) is 46.4 Å². The Kier molecular flexibility index (Phi) is 7.27. The minimum Gasteiger partial charge on any atom is -0.496 e. The molecule has 0 spiro atoms. The Morgan fingerprint density at radius 1 is 1.06 bits per heavy atom. The lowest BCUT2D eigenvalue weighted by Gasteiger charge is -2.22. The topological polar surface area (TPSA) is 58.4 Å². The molecule has 31 heavy (non-hydrogen) atoms. The Labute approximate surface area is 195 Å². The van der Waals surface area contributed by atoms with Gasteiger partial charge in [0.25, 0.3) is 0 Å². The molecule has 0 radical (unpaired) electrons. The largest absolute Gasteiger partial charge is 0.496 e. The fourth-order valence-corrected chi connectivity index (χ4v) is 4.97. The summed E-state index contributed by atoms with van der Waals surface area (Å²) in [5.74, 6) is 2.68. The van der Waals surface area contributed by atoms with E-state index in [2.05, 4.69) is 10.2 Å². The number of hydrogen-bond acceptors (Lipinski definition) is 6. The summed E-state index contributed by atoms with van der Waals surface area (Å²) in [6.45, 7) is 0.816. The first kappa shape index (κ1) is 22.3. The monoisotopic (exact) mass is 479 g/mol. The van der Waals surface area contributed by atoms with Crippen molar-refractivity contribution in [2.75, 3.05) is 26.6 Å². The van der Waals surface area contributed by atoms with Crippen LogP contribution >= 0.6 is 35.0 Å². The highest BCUT2D eigenvalue weighted by atomic mass is 35.5. The van der Waals surface area contributed by atoms with Gasteiger partial charge in [-0.2, -0.15) is 0 Å². The maximum absolute atomic E-state index is 6.43. The molecule has 164 valence electrons. The Morgan fingerprint density at radius 3 is 2.58 bits per heavy atom. The number of benzene rings is 2. The van der Waals surface area contributed by atoms with E-state index in [4.69, 9.17) is 37.4 Å². The molecule has 4 rings (SSSR count). The molecule has 1 unspecified atom stereocenters. The lowest BCUT2D eigenvalue weighted by atomic mass is 10.1. The van der Waals surface area contributed by atoms with Gasteiger partial charge in [0, 0.05) is 17.4 Å². The molecular formula is C22H23Cl2N3O3S. The molecule has 2 aromatic carbocycles. The highest BCUT2D eigenvalue weighted by molar-refractivity contribution is 7.99. The number of rotatable bonds is 7. The fourth-order valence-electron chi connectivity index (χ4n) is 3.53. The van der Waals surface area contributed by atoms with Crippen molar-refractivity contribution < 1.29 is 14.2 Å². The number of thioether (sulfide) groups is 1. The summed E-state index contributed by atoms with van der Waals surface area (Å²) in [5.41, 5.74) is 1.56. The summed E-state index contributed by atoms with van der Waals surface area (Å²) >= 11 is 14.3. The predicted octanol–water partition coefficient (Wildman–Crippen LogP) is 5.92. The van der Waals surface area contributed by atoms with Gasteiger partial charge in [-0.3, -0.25) is 4.57 Å². The zero-order valence-corrected chi connectivity index (χ0v) is 19.6. The Balaban J connectivity index is 1.77. The predicted molar refractivity (Wildman–Crippen MR) is 124 cm³/mol. The minimum absolute atomic E-state index is 0.215. The van der Waals surface area contributed by atoms with Crippen LogP contribution in [0.3, 0.4) is 0 Å². The van der Waals surface area contributed by atoms with Gasteiger partial charge in [0.05, 0.1) is 36.6 Å². The van der Waals surface area contributed by atoms with Gasteiger partial charge in [-0.1, -0.05) is 35.0 Å². The third-order valence-electron chi connectivity index (χ3n) is 5.10. The summed E-state index contributed by atoms with van der Waals surface area (Å²) in [5, 5.41) is 10.8. The van der Waals surface area contributed by atoms with Crippen LogP contribution < -0.4 is 9.47 Å². The molecule has 1 saturated heterocycles.